The van der Waals surface area contributed by atoms with Gasteiger partial charge in [0.2, 0.25) is 0 Å². The first-order valence-corrected chi connectivity index (χ1v) is 5.99. The minimum Gasteiger partial charge on any atom is -0.271 e. The van der Waals surface area contributed by atoms with Crippen LogP contribution in [0.4, 0.5) is 8.78 Å². The van der Waals surface area contributed by atoms with Gasteiger partial charge in [0.1, 0.15) is 11.6 Å². The van der Waals surface area contributed by atoms with Gasteiger partial charge in [-0.2, -0.15) is 0 Å². The number of nitrogens with two attached hydrogens (primary N) is 1. The lowest BCUT2D eigenvalue weighted by molar-refractivity contribution is 0.349. The van der Waals surface area contributed by atoms with Crippen molar-refractivity contribution in [1.82, 2.24) is 5.43 Å². The molecule has 0 spiro atoms. The van der Waals surface area contributed by atoms with E-state index in [0.29, 0.717) is 0 Å². The average molecular weight is 242 g/mol. The molecule has 0 heterocycles. The van der Waals surface area contributed by atoms with Crippen LogP contribution in [0.15, 0.2) is 18.2 Å². The van der Waals surface area contributed by atoms with Gasteiger partial charge in [0.15, 0.2) is 0 Å². The molecule has 0 amide bonds. The van der Waals surface area contributed by atoms with Gasteiger partial charge in [-0.15, -0.1) is 0 Å². The first-order valence-electron chi connectivity index (χ1n) is 5.99. The van der Waals surface area contributed by atoms with Crippen molar-refractivity contribution in [1.29, 1.82) is 0 Å². The number of halogens is 2. The van der Waals surface area contributed by atoms with Crippen LogP contribution >= 0.6 is 0 Å². The summed E-state index contributed by atoms with van der Waals surface area (Å²) in [4.78, 5) is 0. The summed E-state index contributed by atoms with van der Waals surface area (Å²) in [5, 5.41) is 0. The summed E-state index contributed by atoms with van der Waals surface area (Å²) in [6, 6.07) is 3.81. The molecule has 0 aliphatic rings. The maximum atomic E-state index is 13.5. The molecule has 4 heteroatoms. The summed E-state index contributed by atoms with van der Waals surface area (Å²) in [5.41, 5.74) is 2.77. The zero-order valence-corrected chi connectivity index (χ0v) is 10.3. The van der Waals surface area contributed by atoms with Crippen LogP contribution in [0.3, 0.4) is 0 Å². The van der Waals surface area contributed by atoms with Crippen molar-refractivity contribution in [3.05, 3.63) is 35.4 Å². The smallest absolute Gasteiger partial charge is 0.129 e. The van der Waals surface area contributed by atoms with Gasteiger partial charge in [0.25, 0.3) is 0 Å². The van der Waals surface area contributed by atoms with E-state index in [-0.39, 0.29) is 23.9 Å². The predicted octanol–water partition coefficient (Wildman–Crippen LogP) is 2.78. The molecular formula is C13H20F2N2. The Morgan fingerprint density at radius 2 is 1.88 bits per heavy atom. The van der Waals surface area contributed by atoms with E-state index in [2.05, 4.69) is 12.3 Å². The van der Waals surface area contributed by atoms with E-state index in [4.69, 9.17) is 5.84 Å². The largest absolute Gasteiger partial charge is 0.271 e. The minimum absolute atomic E-state index is 0.110. The molecule has 0 aliphatic heterocycles. The maximum Gasteiger partial charge on any atom is 0.129 e. The molecule has 0 saturated carbocycles. The Morgan fingerprint density at radius 1 is 1.29 bits per heavy atom. The van der Waals surface area contributed by atoms with Crippen molar-refractivity contribution in [2.24, 2.45) is 11.8 Å². The van der Waals surface area contributed by atoms with E-state index >= 15 is 0 Å². The van der Waals surface area contributed by atoms with E-state index in [1.165, 1.54) is 18.2 Å². The van der Waals surface area contributed by atoms with Crippen LogP contribution in [0.2, 0.25) is 0 Å². The molecule has 0 radical (unpaired) electrons. The number of nitrogens with one attached hydrogen (secondary N) is 1. The molecule has 17 heavy (non-hydrogen) atoms. The van der Waals surface area contributed by atoms with E-state index in [0.717, 1.165) is 12.8 Å². The Bertz CT molecular complexity index is 335. The van der Waals surface area contributed by atoms with Crippen molar-refractivity contribution in [3.63, 3.8) is 0 Å². The SMILES string of the molecule is CCCC(C)C(Cc1c(F)cccc1F)NN. The molecule has 2 atom stereocenters. The number of hydrogen-bond acceptors (Lipinski definition) is 2. The molecule has 0 aromatic heterocycles. The van der Waals surface area contributed by atoms with Crippen molar-refractivity contribution in [3.8, 4) is 0 Å². The first kappa shape index (κ1) is 14.1. The Kier molecular flexibility index (Phi) is 5.51. The standard InChI is InChI=1S/C13H20F2N2/c1-3-5-9(2)13(17-16)8-10-11(14)6-4-7-12(10)15/h4,6-7,9,13,17H,3,5,8,16H2,1-2H3. The fourth-order valence-corrected chi connectivity index (χ4v) is 2.03. The zero-order valence-electron chi connectivity index (χ0n) is 10.3. The van der Waals surface area contributed by atoms with Crippen LogP contribution in [0.25, 0.3) is 0 Å². The first-order chi connectivity index (χ1) is 8.10. The minimum atomic E-state index is -0.506. The third-order valence-corrected chi connectivity index (χ3v) is 3.13. The molecule has 2 nitrogen and oxygen atoms in total. The topological polar surface area (TPSA) is 38.0 Å². The lowest BCUT2D eigenvalue weighted by Gasteiger charge is -2.23. The van der Waals surface area contributed by atoms with Gasteiger partial charge in [0.05, 0.1) is 0 Å². The summed E-state index contributed by atoms with van der Waals surface area (Å²) < 4.78 is 27.0. The molecular weight excluding hydrogens is 222 g/mol. The highest BCUT2D eigenvalue weighted by Gasteiger charge is 2.19. The highest BCUT2D eigenvalue weighted by atomic mass is 19.1. The average Bonchev–Trinajstić information content (AvgIpc) is 2.29. The molecule has 96 valence electrons. The van der Waals surface area contributed by atoms with Crippen molar-refractivity contribution in [2.75, 3.05) is 0 Å². The maximum absolute atomic E-state index is 13.5. The van der Waals surface area contributed by atoms with Gasteiger partial charge in [-0.3, -0.25) is 11.3 Å². The van der Waals surface area contributed by atoms with Crippen LogP contribution in [-0.2, 0) is 6.42 Å². The Balaban J connectivity index is 2.80. The fraction of sp³-hybridized carbons (Fsp3) is 0.538. The summed E-state index contributed by atoms with van der Waals surface area (Å²) in [5.74, 6) is 4.73. The van der Waals surface area contributed by atoms with Gasteiger partial charge in [0, 0.05) is 11.6 Å². The van der Waals surface area contributed by atoms with Crippen molar-refractivity contribution < 1.29 is 8.78 Å². The third-order valence-electron chi connectivity index (χ3n) is 3.13. The van der Waals surface area contributed by atoms with Gasteiger partial charge in [-0.1, -0.05) is 26.3 Å². The normalized spacial score (nSPS) is 14.6. The number of rotatable bonds is 6. The molecule has 0 aliphatic carbocycles. The Labute approximate surface area is 101 Å². The van der Waals surface area contributed by atoms with E-state index in [1.54, 1.807) is 0 Å². The predicted molar refractivity (Wildman–Crippen MR) is 65.2 cm³/mol. The van der Waals surface area contributed by atoms with E-state index in [9.17, 15) is 8.78 Å². The van der Waals surface area contributed by atoms with E-state index in [1.807, 2.05) is 6.92 Å². The van der Waals surface area contributed by atoms with Gasteiger partial charge in [-0.25, -0.2) is 8.78 Å². The monoisotopic (exact) mass is 242 g/mol. The summed E-state index contributed by atoms with van der Waals surface area (Å²) in [6.07, 6.45) is 2.28. The molecule has 1 aromatic rings. The fourth-order valence-electron chi connectivity index (χ4n) is 2.03. The summed E-state index contributed by atoms with van der Waals surface area (Å²) in [7, 11) is 0. The summed E-state index contributed by atoms with van der Waals surface area (Å²) >= 11 is 0. The van der Waals surface area contributed by atoms with Gasteiger partial charge >= 0.3 is 0 Å². The molecule has 0 bridgehead atoms. The summed E-state index contributed by atoms with van der Waals surface area (Å²) in [6.45, 7) is 4.11. The molecule has 0 saturated heterocycles. The zero-order chi connectivity index (χ0) is 12.8. The lowest BCUT2D eigenvalue weighted by Crippen LogP contribution is -2.41. The molecule has 3 N–H and O–H groups in total. The second-order valence-corrected chi connectivity index (χ2v) is 4.44. The quantitative estimate of drug-likeness (QED) is 0.594. The molecule has 1 rings (SSSR count). The lowest BCUT2D eigenvalue weighted by atomic mass is 9.91. The second kappa shape index (κ2) is 6.67. The Morgan fingerprint density at radius 3 is 2.35 bits per heavy atom. The van der Waals surface area contributed by atoms with Crippen LogP contribution < -0.4 is 11.3 Å². The molecule has 0 fully saturated rings. The van der Waals surface area contributed by atoms with Crippen LogP contribution in [-0.4, -0.2) is 6.04 Å². The van der Waals surface area contributed by atoms with Crippen molar-refractivity contribution >= 4 is 0 Å². The van der Waals surface area contributed by atoms with Crippen molar-refractivity contribution in [2.45, 2.75) is 39.2 Å². The van der Waals surface area contributed by atoms with Gasteiger partial charge < -0.3 is 0 Å². The number of benzene rings is 1. The molecule has 2 unspecified atom stereocenters. The highest BCUT2D eigenvalue weighted by molar-refractivity contribution is 5.20. The number of hydrogen-bond donors (Lipinski definition) is 2. The van der Waals surface area contributed by atoms with Crippen LogP contribution in [0.1, 0.15) is 32.3 Å². The van der Waals surface area contributed by atoms with Crippen LogP contribution in [0.5, 0.6) is 0 Å². The van der Waals surface area contributed by atoms with Crippen LogP contribution in [0, 0.1) is 17.6 Å². The number of hydrazine groups is 1. The Hall–Kier alpha value is -1.00. The van der Waals surface area contributed by atoms with E-state index < -0.39 is 11.6 Å². The highest BCUT2D eigenvalue weighted by Crippen LogP contribution is 2.19. The third kappa shape index (κ3) is 3.75. The second-order valence-electron chi connectivity index (χ2n) is 4.44. The van der Waals surface area contributed by atoms with Gasteiger partial charge in [-0.05, 0) is 30.9 Å². The molecule has 1 aromatic carbocycles.